The van der Waals surface area contributed by atoms with Gasteiger partial charge in [0.25, 0.3) is 0 Å². The van der Waals surface area contributed by atoms with Crippen LogP contribution in [0, 0.1) is 6.92 Å². The summed E-state index contributed by atoms with van der Waals surface area (Å²) in [6.45, 7) is 1.98. The molecule has 14 heavy (non-hydrogen) atoms. The van der Waals surface area contributed by atoms with Gasteiger partial charge in [-0.15, -0.1) is 0 Å². The highest BCUT2D eigenvalue weighted by Gasteiger charge is 2.12. The van der Waals surface area contributed by atoms with Gasteiger partial charge in [0.1, 0.15) is 0 Å². The van der Waals surface area contributed by atoms with Crippen molar-refractivity contribution >= 4 is 33.4 Å². The fourth-order valence-electron chi connectivity index (χ4n) is 1.15. The molecule has 4 heteroatoms. The van der Waals surface area contributed by atoms with Gasteiger partial charge in [0.15, 0.2) is 0 Å². The standard InChI is InChI=1S/C10H11BrClNO/c1-6-2-3-8(12)4-7(6)5-9(11)10(13)14/h2-4,9H,5H2,1H3,(H2,13,14). The minimum absolute atomic E-state index is 0.334. The smallest absolute Gasteiger partial charge is 0.231 e. The van der Waals surface area contributed by atoms with Crippen molar-refractivity contribution in [1.82, 2.24) is 0 Å². The minimum Gasteiger partial charge on any atom is -0.369 e. The maximum absolute atomic E-state index is 10.8. The number of hydrogen-bond acceptors (Lipinski definition) is 1. The molecule has 1 rings (SSSR count). The summed E-state index contributed by atoms with van der Waals surface area (Å²) in [6.07, 6.45) is 0.571. The van der Waals surface area contributed by atoms with Gasteiger partial charge in [0.2, 0.25) is 5.91 Å². The molecule has 0 radical (unpaired) electrons. The molecule has 0 spiro atoms. The van der Waals surface area contributed by atoms with E-state index < -0.39 is 0 Å². The van der Waals surface area contributed by atoms with Crippen LogP contribution in [-0.2, 0) is 11.2 Å². The Morgan fingerprint density at radius 1 is 1.64 bits per heavy atom. The van der Waals surface area contributed by atoms with Crippen LogP contribution in [0.5, 0.6) is 0 Å². The van der Waals surface area contributed by atoms with E-state index in [0.29, 0.717) is 11.4 Å². The second kappa shape index (κ2) is 4.80. The Labute approximate surface area is 96.6 Å². The van der Waals surface area contributed by atoms with Crippen molar-refractivity contribution in [3.8, 4) is 0 Å². The number of amides is 1. The highest BCUT2D eigenvalue weighted by molar-refractivity contribution is 9.10. The molecule has 0 aliphatic carbocycles. The average Bonchev–Trinajstić information content (AvgIpc) is 2.11. The number of aryl methyl sites for hydroxylation is 1. The normalized spacial score (nSPS) is 12.5. The van der Waals surface area contributed by atoms with Gasteiger partial charge in [0.05, 0.1) is 4.83 Å². The zero-order valence-electron chi connectivity index (χ0n) is 7.76. The Kier molecular flexibility index (Phi) is 3.96. The van der Waals surface area contributed by atoms with Crippen LogP contribution >= 0.6 is 27.5 Å². The van der Waals surface area contributed by atoms with E-state index in [0.717, 1.165) is 11.1 Å². The molecule has 0 fully saturated rings. The molecule has 1 aromatic carbocycles. The number of hydrogen-bond donors (Lipinski definition) is 1. The molecular formula is C10H11BrClNO. The Bertz CT molecular complexity index is 354. The Balaban J connectivity index is 2.85. The van der Waals surface area contributed by atoms with Crippen molar-refractivity contribution in [3.63, 3.8) is 0 Å². The molecule has 76 valence electrons. The first-order chi connectivity index (χ1) is 6.50. The molecule has 2 N–H and O–H groups in total. The maximum Gasteiger partial charge on any atom is 0.231 e. The summed E-state index contributed by atoms with van der Waals surface area (Å²) in [5.41, 5.74) is 7.30. The number of carbonyl (C=O) groups excluding carboxylic acids is 1. The lowest BCUT2D eigenvalue weighted by Gasteiger charge is -2.08. The van der Waals surface area contributed by atoms with Gasteiger partial charge in [-0.05, 0) is 36.6 Å². The highest BCUT2D eigenvalue weighted by atomic mass is 79.9. The van der Waals surface area contributed by atoms with Crippen LogP contribution in [0.3, 0.4) is 0 Å². The average molecular weight is 277 g/mol. The lowest BCUT2D eigenvalue weighted by Crippen LogP contribution is -2.25. The maximum atomic E-state index is 10.8. The number of rotatable bonds is 3. The third-order valence-electron chi connectivity index (χ3n) is 2.02. The molecule has 0 aliphatic rings. The predicted molar refractivity (Wildman–Crippen MR) is 61.8 cm³/mol. The van der Waals surface area contributed by atoms with Crippen LogP contribution in [0.15, 0.2) is 18.2 Å². The number of primary amides is 1. The third kappa shape index (κ3) is 3.00. The van der Waals surface area contributed by atoms with Crippen LogP contribution < -0.4 is 5.73 Å². The van der Waals surface area contributed by atoms with E-state index in [9.17, 15) is 4.79 Å². The summed E-state index contributed by atoms with van der Waals surface area (Å²) < 4.78 is 0. The zero-order valence-corrected chi connectivity index (χ0v) is 10.1. The number of halogens is 2. The fraction of sp³-hybridized carbons (Fsp3) is 0.300. The summed E-state index contributed by atoms with van der Waals surface area (Å²) >= 11 is 9.07. The summed E-state index contributed by atoms with van der Waals surface area (Å²) in [6, 6.07) is 5.61. The number of nitrogens with two attached hydrogens (primary N) is 1. The lowest BCUT2D eigenvalue weighted by molar-refractivity contribution is -0.117. The largest absolute Gasteiger partial charge is 0.369 e. The summed E-state index contributed by atoms with van der Waals surface area (Å²) in [4.78, 5) is 10.5. The van der Waals surface area contributed by atoms with Crippen molar-refractivity contribution in [2.24, 2.45) is 5.73 Å². The van der Waals surface area contributed by atoms with Crippen LogP contribution in [0.25, 0.3) is 0 Å². The minimum atomic E-state index is -0.357. The Morgan fingerprint density at radius 3 is 2.86 bits per heavy atom. The molecule has 1 atom stereocenters. The molecule has 1 unspecified atom stereocenters. The van der Waals surface area contributed by atoms with Crippen LogP contribution in [0.4, 0.5) is 0 Å². The number of carbonyl (C=O) groups is 1. The molecule has 0 saturated carbocycles. The van der Waals surface area contributed by atoms with E-state index >= 15 is 0 Å². The first kappa shape index (κ1) is 11.5. The highest BCUT2D eigenvalue weighted by Crippen LogP contribution is 2.18. The zero-order chi connectivity index (χ0) is 10.7. The van der Waals surface area contributed by atoms with E-state index in [1.54, 1.807) is 0 Å². The molecule has 0 heterocycles. The van der Waals surface area contributed by atoms with Gasteiger partial charge in [0, 0.05) is 5.02 Å². The quantitative estimate of drug-likeness (QED) is 0.847. The topological polar surface area (TPSA) is 43.1 Å². The first-order valence-corrected chi connectivity index (χ1v) is 5.48. The van der Waals surface area contributed by atoms with Gasteiger partial charge in [-0.3, -0.25) is 4.79 Å². The van der Waals surface area contributed by atoms with E-state index in [1.807, 2.05) is 25.1 Å². The number of benzene rings is 1. The molecule has 2 nitrogen and oxygen atoms in total. The Hall–Kier alpha value is -0.540. The Morgan fingerprint density at radius 2 is 2.29 bits per heavy atom. The molecule has 1 amide bonds. The van der Waals surface area contributed by atoms with Crippen LogP contribution in [-0.4, -0.2) is 10.7 Å². The summed E-state index contributed by atoms with van der Waals surface area (Å²) in [7, 11) is 0. The van der Waals surface area contributed by atoms with E-state index in [-0.39, 0.29) is 10.7 Å². The number of alkyl halides is 1. The SMILES string of the molecule is Cc1ccc(Cl)cc1CC(Br)C(N)=O. The van der Waals surface area contributed by atoms with Crippen molar-refractivity contribution in [2.75, 3.05) is 0 Å². The van der Waals surface area contributed by atoms with Crippen molar-refractivity contribution in [3.05, 3.63) is 34.3 Å². The van der Waals surface area contributed by atoms with E-state index in [1.165, 1.54) is 0 Å². The molecule has 0 aromatic heterocycles. The van der Waals surface area contributed by atoms with Crippen LogP contribution in [0.2, 0.25) is 5.02 Å². The van der Waals surface area contributed by atoms with Gasteiger partial charge >= 0.3 is 0 Å². The van der Waals surface area contributed by atoms with Crippen LogP contribution in [0.1, 0.15) is 11.1 Å². The van der Waals surface area contributed by atoms with Crippen molar-refractivity contribution < 1.29 is 4.79 Å². The van der Waals surface area contributed by atoms with Gasteiger partial charge in [-0.25, -0.2) is 0 Å². The summed E-state index contributed by atoms with van der Waals surface area (Å²) in [5, 5.41) is 0.676. The predicted octanol–water partition coefficient (Wildman–Crippen LogP) is 2.44. The lowest BCUT2D eigenvalue weighted by atomic mass is 10.0. The molecule has 1 aromatic rings. The fourth-order valence-corrected chi connectivity index (χ4v) is 1.70. The van der Waals surface area contributed by atoms with E-state index in [2.05, 4.69) is 15.9 Å². The van der Waals surface area contributed by atoms with Crippen molar-refractivity contribution in [1.29, 1.82) is 0 Å². The van der Waals surface area contributed by atoms with Gasteiger partial charge in [-0.1, -0.05) is 33.6 Å². The third-order valence-corrected chi connectivity index (χ3v) is 3.03. The van der Waals surface area contributed by atoms with Gasteiger partial charge < -0.3 is 5.73 Å². The van der Waals surface area contributed by atoms with Gasteiger partial charge in [-0.2, -0.15) is 0 Å². The second-order valence-electron chi connectivity index (χ2n) is 3.14. The van der Waals surface area contributed by atoms with E-state index in [4.69, 9.17) is 17.3 Å². The summed E-state index contributed by atoms with van der Waals surface area (Å²) in [5.74, 6) is -0.357. The molecular weight excluding hydrogens is 265 g/mol. The van der Waals surface area contributed by atoms with Crippen molar-refractivity contribution in [2.45, 2.75) is 18.2 Å². The first-order valence-electron chi connectivity index (χ1n) is 4.19. The molecule has 0 saturated heterocycles. The second-order valence-corrected chi connectivity index (χ2v) is 4.69. The molecule has 0 aliphatic heterocycles. The monoisotopic (exact) mass is 275 g/mol. The molecule has 0 bridgehead atoms.